The highest BCUT2D eigenvalue weighted by molar-refractivity contribution is 4.87. The molecule has 0 bridgehead atoms. The first-order valence-electron chi connectivity index (χ1n) is 10.1. The lowest BCUT2D eigenvalue weighted by atomic mass is 10.0. The Labute approximate surface area is 153 Å². The molecular weight excluding hydrogens is 320 g/mol. The van der Waals surface area contributed by atoms with E-state index in [0.29, 0.717) is 6.61 Å². The average Bonchev–Trinajstić information content (AvgIpc) is 2.62. The van der Waals surface area contributed by atoms with Crippen LogP contribution >= 0.6 is 0 Å². The molecule has 0 amide bonds. The summed E-state index contributed by atoms with van der Waals surface area (Å²) in [5.41, 5.74) is 0. The van der Waals surface area contributed by atoms with Gasteiger partial charge in [-0.2, -0.15) is 0 Å². The van der Waals surface area contributed by atoms with Crippen molar-refractivity contribution in [2.24, 2.45) is 0 Å². The van der Waals surface area contributed by atoms with Crippen molar-refractivity contribution < 1.29 is 24.8 Å². The predicted molar refractivity (Wildman–Crippen MR) is 99.6 cm³/mol. The van der Waals surface area contributed by atoms with Gasteiger partial charge in [-0.25, -0.2) is 0 Å². The minimum Gasteiger partial charge on any atom is -0.394 e. The number of hydrogen-bond acceptors (Lipinski definition) is 5. The van der Waals surface area contributed by atoms with E-state index in [1.807, 2.05) is 0 Å². The van der Waals surface area contributed by atoms with Gasteiger partial charge in [0.25, 0.3) is 0 Å². The number of aliphatic hydroxyl groups excluding tert-OH is 3. The van der Waals surface area contributed by atoms with Crippen molar-refractivity contribution in [1.82, 2.24) is 0 Å². The molecule has 1 rings (SSSR count). The van der Waals surface area contributed by atoms with Crippen LogP contribution in [0.15, 0.2) is 12.2 Å². The molecule has 5 heteroatoms. The second kappa shape index (κ2) is 14.7. The number of hydrogen-bond donors (Lipinski definition) is 3. The molecule has 4 atom stereocenters. The van der Waals surface area contributed by atoms with Gasteiger partial charge in [0.05, 0.1) is 13.2 Å². The number of ether oxygens (including phenoxy) is 2. The highest BCUT2D eigenvalue weighted by atomic mass is 16.6. The number of aliphatic hydroxyl groups is 3. The molecule has 0 aliphatic carbocycles. The van der Waals surface area contributed by atoms with Gasteiger partial charge in [-0.1, -0.05) is 51.2 Å². The highest BCUT2D eigenvalue weighted by Gasteiger charge is 2.39. The fraction of sp³-hybridized carbons (Fsp3) is 0.900. The van der Waals surface area contributed by atoms with E-state index >= 15 is 0 Å². The molecule has 0 unspecified atom stereocenters. The zero-order valence-corrected chi connectivity index (χ0v) is 15.8. The lowest BCUT2D eigenvalue weighted by molar-refractivity contribution is -0.211. The van der Waals surface area contributed by atoms with Gasteiger partial charge >= 0.3 is 0 Å². The zero-order valence-electron chi connectivity index (χ0n) is 15.8. The summed E-state index contributed by atoms with van der Waals surface area (Å²) in [6, 6.07) is 0. The van der Waals surface area contributed by atoms with Gasteiger partial charge in [0.2, 0.25) is 0 Å². The van der Waals surface area contributed by atoms with Crippen molar-refractivity contribution in [3.8, 4) is 0 Å². The Balaban J connectivity index is 1.99. The monoisotopic (exact) mass is 358 g/mol. The minimum atomic E-state index is -0.997. The molecule has 0 aromatic heterocycles. The second-order valence-corrected chi connectivity index (χ2v) is 6.97. The smallest absolute Gasteiger partial charge is 0.114 e. The van der Waals surface area contributed by atoms with Crippen molar-refractivity contribution in [2.75, 3.05) is 19.8 Å². The summed E-state index contributed by atoms with van der Waals surface area (Å²) in [7, 11) is 0. The second-order valence-electron chi connectivity index (χ2n) is 6.97. The number of unbranched alkanes of at least 4 members (excludes halogenated alkanes) is 8. The van der Waals surface area contributed by atoms with Gasteiger partial charge in [0, 0.05) is 6.61 Å². The summed E-state index contributed by atoms with van der Waals surface area (Å²) < 4.78 is 10.9. The van der Waals surface area contributed by atoms with Gasteiger partial charge in [0.15, 0.2) is 0 Å². The molecule has 1 heterocycles. The molecule has 0 radical (unpaired) electrons. The summed E-state index contributed by atoms with van der Waals surface area (Å²) in [5, 5.41) is 28.8. The standard InChI is InChI=1S/C20H38O5/c1-2-3-4-5-6-7-8-9-10-11-12-13-14-24-20-18(15-21)25-16-17(22)19(20)23/h9-10,17-23H,2-8,11-16H2,1H3/b10-9+/t17-,18+,19+,20+/m0/s1. The molecule has 1 fully saturated rings. The Hall–Kier alpha value is -0.460. The number of allylic oxidation sites excluding steroid dienone is 2. The molecule has 0 aromatic carbocycles. The van der Waals surface area contributed by atoms with Crippen LogP contribution in [0.3, 0.4) is 0 Å². The fourth-order valence-corrected chi connectivity index (χ4v) is 3.08. The van der Waals surface area contributed by atoms with Gasteiger partial charge in [-0.05, 0) is 32.1 Å². The maximum absolute atomic E-state index is 9.95. The SMILES string of the molecule is CCCCCCCC/C=C/CCCCO[C@H]1[C@H](O)[C@@H](O)CO[C@@H]1CO. The van der Waals surface area contributed by atoms with E-state index in [0.717, 1.165) is 19.3 Å². The van der Waals surface area contributed by atoms with Crippen LogP contribution < -0.4 is 0 Å². The van der Waals surface area contributed by atoms with E-state index in [4.69, 9.17) is 9.47 Å². The summed E-state index contributed by atoms with van der Waals surface area (Å²) in [4.78, 5) is 0. The van der Waals surface area contributed by atoms with Crippen molar-refractivity contribution in [3.63, 3.8) is 0 Å². The molecule has 0 saturated carbocycles. The lowest BCUT2D eigenvalue weighted by Crippen LogP contribution is -2.55. The molecule has 0 spiro atoms. The molecule has 1 saturated heterocycles. The van der Waals surface area contributed by atoms with Crippen LogP contribution in [0.25, 0.3) is 0 Å². The molecule has 5 nitrogen and oxygen atoms in total. The first-order chi connectivity index (χ1) is 12.2. The Kier molecular flexibility index (Phi) is 13.3. The van der Waals surface area contributed by atoms with Crippen LogP contribution in [-0.4, -0.2) is 59.6 Å². The Bertz CT molecular complexity index is 332. The van der Waals surface area contributed by atoms with Crippen molar-refractivity contribution >= 4 is 0 Å². The summed E-state index contributed by atoms with van der Waals surface area (Å²) in [5.74, 6) is 0. The molecule has 1 aliphatic rings. The number of rotatable bonds is 14. The van der Waals surface area contributed by atoms with Gasteiger partial charge in [-0.3, -0.25) is 0 Å². The topological polar surface area (TPSA) is 79.2 Å². The van der Waals surface area contributed by atoms with Crippen molar-refractivity contribution in [2.45, 2.75) is 95.5 Å². The van der Waals surface area contributed by atoms with Crippen LogP contribution in [0.4, 0.5) is 0 Å². The van der Waals surface area contributed by atoms with Crippen LogP contribution in [0, 0.1) is 0 Å². The fourth-order valence-electron chi connectivity index (χ4n) is 3.08. The van der Waals surface area contributed by atoms with E-state index in [1.54, 1.807) is 0 Å². The summed E-state index contributed by atoms with van der Waals surface area (Å²) in [6.07, 6.45) is 13.5. The van der Waals surface area contributed by atoms with Crippen LogP contribution in [0.1, 0.15) is 71.1 Å². The van der Waals surface area contributed by atoms with Gasteiger partial charge in [0.1, 0.15) is 24.4 Å². The normalized spacial score (nSPS) is 27.2. The first-order valence-corrected chi connectivity index (χ1v) is 10.1. The Morgan fingerprint density at radius 3 is 2.28 bits per heavy atom. The molecule has 148 valence electrons. The third-order valence-electron chi connectivity index (χ3n) is 4.72. The van der Waals surface area contributed by atoms with E-state index in [9.17, 15) is 15.3 Å². The van der Waals surface area contributed by atoms with E-state index in [2.05, 4.69) is 19.1 Å². The van der Waals surface area contributed by atoms with Crippen LogP contribution in [0.5, 0.6) is 0 Å². The van der Waals surface area contributed by atoms with Gasteiger partial charge in [-0.15, -0.1) is 0 Å². The summed E-state index contributed by atoms with van der Waals surface area (Å²) >= 11 is 0. The lowest BCUT2D eigenvalue weighted by Gasteiger charge is -2.37. The van der Waals surface area contributed by atoms with E-state index < -0.39 is 24.4 Å². The largest absolute Gasteiger partial charge is 0.394 e. The van der Waals surface area contributed by atoms with Crippen molar-refractivity contribution in [3.05, 3.63) is 12.2 Å². The first kappa shape index (κ1) is 22.6. The van der Waals surface area contributed by atoms with Crippen LogP contribution in [-0.2, 0) is 9.47 Å². The molecule has 0 aromatic rings. The van der Waals surface area contributed by atoms with Crippen molar-refractivity contribution in [1.29, 1.82) is 0 Å². The minimum absolute atomic E-state index is 0.0374. The molecule has 1 aliphatic heterocycles. The molecular formula is C20H38O5. The van der Waals surface area contributed by atoms with E-state index in [-0.39, 0.29) is 13.2 Å². The summed E-state index contributed by atoms with van der Waals surface area (Å²) in [6.45, 7) is 2.57. The predicted octanol–water partition coefficient (Wildman–Crippen LogP) is 2.96. The average molecular weight is 359 g/mol. The maximum Gasteiger partial charge on any atom is 0.114 e. The third kappa shape index (κ3) is 9.71. The van der Waals surface area contributed by atoms with E-state index in [1.165, 1.54) is 44.9 Å². The zero-order chi connectivity index (χ0) is 18.3. The maximum atomic E-state index is 9.95. The molecule has 25 heavy (non-hydrogen) atoms. The quantitative estimate of drug-likeness (QED) is 0.329. The van der Waals surface area contributed by atoms with Crippen LogP contribution in [0.2, 0.25) is 0 Å². The Morgan fingerprint density at radius 2 is 1.60 bits per heavy atom. The third-order valence-corrected chi connectivity index (χ3v) is 4.72. The highest BCUT2D eigenvalue weighted by Crippen LogP contribution is 2.19. The molecule has 3 N–H and O–H groups in total. The Morgan fingerprint density at radius 1 is 0.960 bits per heavy atom. The van der Waals surface area contributed by atoms with Gasteiger partial charge < -0.3 is 24.8 Å².